The average molecular weight is 262 g/mol. The molecular formula is C13H12ClN3O. The number of nitrogens with one attached hydrogen (secondary N) is 2. The molecule has 1 amide bonds. The van der Waals surface area contributed by atoms with Crippen LogP contribution in [0.3, 0.4) is 0 Å². The van der Waals surface area contributed by atoms with E-state index in [2.05, 4.69) is 15.6 Å². The number of piperazine rings is 1. The van der Waals surface area contributed by atoms with Crippen molar-refractivity contribution in [2.24, 2.45) is 0 Å². The second-order valence-electron chi connectivity index (χ2n) is 4.24. The Labute approximate surface area is 109 Å². The van der Waals surface area contributed by atoms with Crippen LogP contribution in [0.4, 0.5) is 0 Å². The minimum atomic E-state index is -0.314. The number of hydrogen-bond acceptors (Lipinski definition) is 3. The first-order valence-corrected chi connectivity index (χ1v) is 6.19. The number of amides is 1. The molecule has 1 saturated heterocycles. The number of rotatable bonds is 1. The van der Waals surface area contributed by atoms with Crippen LogP contribution in [-0.2, 0) is 4.79 Å². The highest BCUT2D eigenvalue weighted by Gasteiger charge is 2.24. The van der Waals surface area contributed by atoms with Gasteiger partial charge in [-0.05, 0) is 23.8 Å². The van der Waals surface area contributed by atoms with E-state index in [1.165, 1.54) is 0 Å². The van der Waals surface area contributed by atoms with Crippen LogP contribution in [0.25, 0.3) is 10.9 Å². The number of fused-ring (bicyclic) bond motifs is 1. The number of halogens is 1. The van der Waals surface area contributed by atoms with Gasteiger partial charge in [-0.2, -0.15) is 0 Å². The van der Waals surface area contributed by atoms with Crippen LogP contribution in [0, 0.1) is 0 Å². The predicted molar refractivity (Wildman–Crippen MR) is 70.5 cm³/mol. The lowest BCUT2D eigenvalue weighted by atomic mass is 10.0. The molecule has 1 aliphatic rings. The average Bonchev–Trinajstić information content (AvgIpc) is 2.38. The molecule has 2 heterocycles. The van der Waals surface area contributed by atoms with E-state index in [4.69, 9.17) is 11.6 Å². The van der Waals surface area contributed by atoms with E-state index in [9.17, 15) is 4.79 Å². The summed E-state index contributed by atoms with van der Waals surface area (Å²) in [5.41, 5.74) is 1.74. The third kappa shape index (κ3) is 1.94. The van der Waals surface area contributed by atoms with Crippen molar-refractivity contribution in [1.29, 1.82) is 0 Å². The molecular weight excluding hydrogens is 250 g/mol. The summed E-state index contributed by atoms with van der Waals surface area (Å²) in [5, 5.41) is 7.68. The van der Waals surface area contributed by atoms with Crippen LogP contribution in [0.5, 0.6) is 0 Å². The van der Waals surface area contributed by atoms with E-state index in [0.717, 1.165) is 23.0 Å². The second-order valence-corrected chi connectivity index (χ2v) is 4.68. The minimum absolute atomic E-state index is 0.00343. The van der Waals surface area contributed by atoms with E-state index < -0.39 is 0 Å². The van der Waals surface area contributed by atoms with Gasteiger partial charge < -0.3 is 10.6 Å². The van der Waals surface area contributed by atoms with Gasteiger partial charge in [-0.25, -0.2) is 0 Å². The Morgan fingerprint density at radius 1 is 1.28 bits per heavy atom. The van der Waals surface area contributed by atoms with Crippen LogP contribution in [0.15, 0.2) is 30.5 Å². The second kappa shape index (κ2) is 4.55. The lowest BCUT2D eigenvalue weighted by Crippen LogP contribution is -2.47. The van der Waals surface area contributed by atoms with Crippen LogP contribution in [0.2, 0.25) is 5.02 Å². The Kier molecular flexibility index (Phi) is 2.89. The highest BCUT2D eigenvalue weighted by molar-refractivity contribution is 6.31. The van der Waals surface area contributed by atoms with Crippen molar-refractivity contribution in [3.05, 3.63) is 41.0 Å². The van der Waals surface area contributed by atoms with Gasteiger partial charge in [0, 0.05) is 29.7 Å². The lowest BCUT2D eigenvalue weighted by molar-refractivity contribution is -0.124. The van der Waals surface area contributed by atoms with E-state index in [1.54, 1.807) is 12.3 Å². The standard InChI is InChI=1S/C13H12ClN3O/c14-8-1-2-9-10(3-4-15-11(9)7-8)12-13(18)17-6-5-16-12/h1-4,7,12,16H,5-6H2,(H,17,18). The monoisotopic (exact) mass is 261 g/mol. The van der Waals surface area contributed by atoms with Crippen LogP contribution >= 0.6 is 11.6 Å². The van der Waals surface area contributed by atoms with Crippen molar-refractivity contribution >= 4 is 28.4 Å². The van der Waals surface area contributed by atoms with Gasteiger partial charge in [-0.3, -0.25) is 9.78 Å². The first-order valence-electron chi connectivity index (χ1n) is 5.81. The number of carbonyl (C=O) groups excluding carboxylic acids is 1. The number of aromatic nitrogens is 1. The summed E-state index contributed by atoms with van der Waals surface area (Å²) in [6, 6.07) is 7.09. The Morgan fingerprint density at radius 3 is 3.00 bits per heavy atom. The summed E-state index contributed by atoms with van der Waals surface area (Å²) in [6.07, 6.45) is 1.71. The fourth-order valence-corrected chi connectivity index (χ4v) is 2.41. The molecule has 1 unspecified atom stereocenters. The van der Waals surface area contributed by atoms with Gasteiger partial charge in [0.25, 0.3) is 0 Å². The first kappa shape index (κ1) is 11.4. The van der Waals surface area contributed by atoms with E-state index in [1.807, 2.05) is 18.2 Å². The zero-order valence-electron chi connectivity index (χ0n) is 9.61. The summed E-state index contributed by atoms with van der Waals surface area (Å²) in [7, 11) is 0. The fourth-order valence-electron chi connectivity index (χ4n) is 2.24. The molecule has 5 heteroatoms. The van der Waals surface area contributed by atoms with Crippen molar-refractivity contribution in [2.75, 3.05) is 13.1 Å². The SMILES string of the molecule is O=C1NCCNC1c1ccnc2cc(Cl)ccc12. The Hall–Kier alpha value is -1.65. The largest absolute Gasteiger partial charge is 0.353 e. The Morgan fingerprint density at radius 2 is 2.17 bits per heavy atom. The Balaban J connectivity index is 2.13. The van der Waals surface area contributed by atoms with Gasteiger partial charge in [0.15, 0.2) is 0 Å². The molecule has 3 rings (SSSR count). The van der Waals surface area contributed by atoms with E-state index in [0.29, 0.717) is 11.6 Å². The molecule has 0 spiro atoms. The van der Waals surface area contributed by atoms with Gasteiger partial charge in [0.1, 0.15) is 6.04 Å². The van der Waals surface area contributed by atoms with E-state index in [-0.39, 0.29) is 11.9 Å². The number of hydrogen-bond donors (Lipinski definition) is 2. The maximum atomic E-state index is 11.9. The smallest absolute Gasteiger partial charge is 0.241 e. The normalized spacial score (nSPS) is 19.8. The number of pyridine rings is 1. The lowest BCUT2D eigenvalue weighted by Gasteiger charge is -2.24. The number of benzene rings is 1. The van der Waals surface area contributed by atoms with Crippen LogP contribution in [-0.4, -0.2) is 24.0 Å². The molecule has 1 fully saturated rings. The molecule has 0 saturated carbocycles. The van der Waals surface area contributed by atoms with Gasteiger partial charge in [-0.1, -0.05) is 17.7 Å². The molecule has 1 atom stereocenters. The summed E-state index contributed by atoms with van der Waals surface area (Å²) in [4.78, 5) is 16.2. The molecule has 0 bridgehead atoms. The van der Waals surface area contributed by atoms with Crippen molar-refractivity contribution in [3.8, 4) is 0 Å². The highest BCUT2D eigenvalue weighted by atomic mass is 35.5. The van der Waals surface area contributed by atoms with Crippen molar-refractivity contribution < 1.29 is 4.79 Å². The summed E-state index contributed by atoms with van der Waals surface area (Å²) in [5.74, 6) is 0.00343. The zero-order chi connectivity index (χ0) is 12.5. The van der Waals surface area contributed by atoms with Gasteiger partial charge >= 0.3 is 0 Å². The van der Waals surface area contributed by atoms with Crippen LogP contribution < -0.4 is 10.6 Å². The first-order chi connectivity index (χ1) is 8.75. The molecule has 4 nitrogen and oxygen atoms in total. The third-order valence-electron chi connectivity index (χ3n) is 3.08. The molecule has 1 aromatic heterocycles. The fraction of sp³-hybridized carbons (Fsp3) is 0.231. The third-order valence-corrected chi connectivity index (χ3v) is 3.32. The van der Waals surface area contributed by atoms with Gasteiger partial charge in [0.05, 0.1) is 5.52 Å². The predicted octanol–water partition coefficient (Wildman–Crippen LogP) is 1.65. The van der Waals surface area contributed by atoms with Gasteiger partial charge in [0.2, 0.25) is 5.91 Å². The molecule has 2 N–H and O–H groups in total. The molecule has 2 aromatic rings. The maximum absolute atomic E-state index is 11.9. The topological polar surface area (TPSA) is 54.0 Å². The van der Waals surface area contributed by atoms with Crippen molar-refractivity contribution in [2.45, 2.75) is 6.04 Å². The number of nitrogens with zero attached hydrogens (tertiary/aromatic N) is 1. The maximum Gasteiger partial charge on any atom is 0.241 e. The van der Waals surface area contributed by atoms with Crippen LogP contribution in [0.1, 0.15) is 11.6 Å². The summed E-state index contributed by atoms with van der Waals surface area (Å²) >= 11 is 5.95. The molecule has 92 valence electrons. The van der Waals surface area contributed by atoms with E-state index >= 15 is 0 Å². The minimum Gasteiger partial charge on any atom is -0.353 e. The molecule has 0 radical (unpaired) electrons. The summed E-state index contributed by atoms with van der Waals surface area (Å²) < 4.78 is 0. The molecule has 18 heavy (non-hydrogen) atoms. The number of carbonyl (C=O) groups is 1. The highest BCUT2D eigenvalue weighted by Crippen LogP contribution is 2.26. The quantitative estimate of drug-likeness (QED) is 0.821. The molecule has 1 aliphatic heterocycles. The summed E-state index contributed by atoms with van der Waals surface area (Å²) in [6.45, 7) is 1.44. The van der Waals surface area contributed by atoms with Crippen molar-refractivity contribution in [3.63, 3.8) is 0 Å². The van der Waals surface area contributed by atoms with Crippen molar-refractivity contribution in [1.82, 2.24) is 15.6 Å². The molecule has 0 aliphatic carbocycles. The molecule has 1 aromatic carbocycles. The zero-order valence-corrected chi connectivity index (χ0v) is 10.4. The van der Waals surface area contributed by atoms with Gasteiger partial charge in [-0.15, -0.1) is 0 Å². The Bertz CT molecular complexity index is 614.